The van der Waals surface area contributed by atoms with Gasteiger partial charge in [0.1, 0.15) is 0 Å². The van der Waals surface area contributed by atoms with E-state index >= 15 is 0 Å². The lowest BCUT2D eigenvalue weighted by atomic mass is 10.2. The van der Waals surface area contributed by atoms with E-state index in [1.165, 1.54) is 18.3 Å². The molecule has 2 nitrogen and oxygen atoms in total. The van der Waals surface area contributed by atoms with Crippen molar-refractivity contribution in [3.8, 4) is 0 Å². The van der Waals surface area contributed by atoms with Crippen LogP contribution in [-0.4, -0.2) is 11.6 Å². The van der Waals surface area contributed by atoms with Gasteiger partial charge in [0.2, 0.25) is 11.6 Å². The minimum atomic E-state index is -0.396. The lowest BCUT2D eigenvalue weighted by Gasteiger charge is -1.86. The first-order valence-corrected chi connectivity index (χ1v) is 4.09. The zero-order valence-corrected chi connectivity index (χ0v) is 7.20. The van der Waals surface area contributed by atoms with Crippen LogP contribution in [0.5, 0.6) is 0 Å². The number of ketones is 2. The van der Waals surface area contributed by atoms with E-state index in [0.717, 1.165) is 5.56 Å². The fourth-order valence-electron chi connectivity index (χ4n) is 0.724. The van der Waals surface area contributed by atoms with Gasteiger partial charge in [-0.1, -0.05) is 0 Å². The Morgan fingerprint density at radius 1 is 1.45 bits per heavy atom. The summed E-state index contributed by atoms with van der Waals surface area (Å²) in [6.07, 6.45) is 0. The fourth-order valence-corrected chi connectivity index (χ4v) is 1.61. The molecular weight excluding hydrogens is 160 g/mol. The summed E-state index contributed by atoms with van der Waals surface area (Å²) in [5.41, 5.74) is 1.03. The van der Waals surface area contributed by atoms with Crippen LogP contribution in [0.1, 0.15) is 22.2 Å². The summed E-state index contributed by atoms with van der Waals surface area (Å²) in [7, 11) is 0. The summed E-state index contributed by atoms with van der Waals surface area (Å²) in [4.78, 5) is 22.2. The first-order valence-electron chi connectivity index (χ1n) is 3.21. The van der Waals surface area contributed by atoms with Crippen molar-refractivity contribution >= 4 is 22.9 Å². The van der Waals surface area contributed by atoms with E-state index in [1.54, 1.807) is 6.07 Å². The van der Waals surface area contributed by atoms with Crippen LogP contribution in [0, 0.1) is 6.92 Å². The highest BCUT2D eigenvalue weighted by Gasteiger charge is 2.11. The second-order valence-electron chi connectivity index (χ2n) is 2.37. The number of carbonyl (C=O) groups is 2. The number of hydrogen-bond donors (Lipinski definition) is 0. The lowest BCUT2D eigenvalue weighted by Crippen LogP contribution is -2.07. The van der Waals surface area contributed by atoms with Crippen molar-refractivity contribution in [3.05, 3.63) is 21.9 Å². The van der Waals surface area contributed by atoms with Crippen LogP contribution in [0.2, 0.25) is 0 Å². The normalized spacial score (nSPS) is 9.64. The van der Waals surface area contributed by atoms with Crippen molar-refractivity contribution in [2.24, 2.45) is 0 Å². The minimum Gasteiger partial charge on any atom is -0.291 e. The molecule has 1 rings (SSSR count). The van der Waals surface area contributed by atoms with Gasteiger partial charge < -0.3 is 0 Å². The number of thiophene rings is 1. The Labute approximate surface area is 68.9 Å². The molecule has 0 spiro atoms. The molecule has 0 aliphatic heterocycles. The predicted octanol–water partition coefficient (Wildman–Crippen LogP) is 1.83. The van der Waals surface area contributed by atoms with Gasteiger partial charge in [-0.3, -0.25) is 9.59 Å². The largest absolute Gasteiger partial charge is 0.291 e. The van der Waals surface area contributed by atoms with Gasteiger partial charge in [-0.05, 0) is 23.9 Å². The number of Topliss-reactive ketones (excluding diaryl/α,β-unsaturated/α-hetero) is 2. The Morgan fingerprint density at radius 2 is 2.09 bits per heavy atom. The third kappa shape index (κ3) is 1.74. The van der Waals surface area contributed by atoms with Crippen LogP contribution in [-0.2, 0) is 4.79 Å². The van der Waals surface area contributed by atoms with E-state index in [9.17, 15) is 9.59 Å². The van der Waals surface area contributed by atoms with Crippen LogP contribution >= 0.6 is 11.3 Å². The van der Waals surface area contributed by atoms with Gasteiger partial charge in [0, 0.05) is 6.92 Å². The van der Waals surface area contributed by atoms with Crippen LogP contribution in [0.25, 0.3) is 0 Å². The number of carbonyl (C=O) groups excluding carboxylic acids is 2. The van der Waals surface area contributed by atoms with Crippen LogP contribution < -0.4 is 0 Å². The van der Waals surface area contributed by atoms with Crippen molar-refractivity contribution in [2.45, 2.75) is 13.8 Å². The maximum atomic E-state index is 11.0. The Morgan fingerprint density at radius 3 is 2.45 bits per heavy atom. The van der Waals surface area contributed by atoms with E-state index in [2.05, 4.69) is 0 Å². The molecule has 3 heteroatoms. The molecule has 1 heterocycles. The quantitative estimate of drug-likeness (QED) is 0.498. The van der Waals surface area contributed by atoms with Gasteiger partial charge in [0.25, 0.3) is 0 Å². The summed E-state index contributed by atoms with van der Waals surface area (Å²) >= 11 is 1.32. The zero-order valence-electron chi connectivity index (χ0n) is 6.38. The predicted molar refractivity (Wildman–Crippen MR) is 44.1 cm³/mol. The number of rotatable bonds is 2. The first-order chi connectivity index (χ1) is 5.11. The fraction of sp³-hybridized carbons (Fsp3) is 0.250. The Kier molecular flexibility index (Phi) is 2.19. The minimum absolute atomic E-state index is 0.386. The van der Waals surface area contributed by atoms with Gasteiger partial charge >= 0.3 is 0 Å². The van der Waals surface area contributed by atoms with E-state index in [1.807, 2.05) is 12.3 Å². The summed E-state index contributed by atoms with van der Waals surface area (Å²) in [5.74, 6) is -0.782. The standard InChI is InChI=1S/C8H8O2S/c1-5-3-7(11-4-5)8(10)6(2)9/h3-4H,1-2H3. The van der Waals surface area contributed by atoms with Gasteiger partial charge in [-0.2, -0.15) is 0 Å². The highest BCUT2D eigenvalue weighted by Crippen LogP contribution is 2.14. The van der Waals surface area contributed by atoms with E-state index < -0.39 is 5.78 Å². The van der Waals surface area contributed by atoms with Gasteiger partial charge in [-0.15, -0.1) is 11.3 Å². The van der Waals surface area contributed by atoms with E-state index in [4.69, 9.17) is 0 Å². The molecule has 0 fully saturated rings. The van der Waals surface area contributed by atoms with Crippen molar-refractivity contribution in [1.82, 2.24) is 0 Å². The molecular formula is C8H8O2S. The van der Waals surface area contributed by atoms with E-state index in [-0.39, 0.29) is 5.78 Å². The Balaban J connectivity index is 2.94. The topological polar surface area (TPSA) is 34.1 Å². The highest BCUT2D eigenvalue weighted by molar-refractivity contribution is 7.13. The first kappa shape index (κ1) is 8.14. The maximum absolute atomic E-state index is 11.0. The van der Waals surface area contributed by atoms with Crippen LogP contribution in [0.15, 0.2) is 11.4 Å². The lowest BCUT2D eigenvalue weighted by molar-refractivity contribution is -0.113. The Bertz CT molecular complexity index is 299. The summed E-state index contributed by atoms with van der Waals surface area (Å²) < 4.78 is 0. The van der Waals surface area contributed by atoms with Gasteiger partial charge in [0.05, 0.1) is 4.88 Å². The summed E-state index contributed by atoms with van der Waals surface area (Å²) in [6, 6.07) is 1.73. The van der Waals surface area contributed by atoms with Crippen molar-refractivity contribution in [1.29, 1.82) is 0 Å². The number of hydrogen-bond acceptors (Lipinski definition) is 3. The molecule has 0 amide bonds. The molecule has 11 heavy (non-hydrogen) atoms. The molecule has 58 valence electrons. The van der Waals surface area contributed by atoms with Crippen LogP contribution in [0.4, 0.5) is 0 Å². The van der Waals surface area contributed by atoms with Crippen molar-refractivity contribution in [2.75, 3.05) is 0 Å². The molecule has 0 atom stereocenters. The average Bonchev–Trinajstić information content (AvgIpc) is 2.34. The average molecular weight is 168 g/mol. The van der Waals surface area contributed by atoms with Gasteiger partial charge in [-0.25, -0.2) is 0 Å². The maximum Gasteiger partial charge on any atom is 0.238 e. The van der Waals surface area contributed by atoms with Gasteiger partial charge in [0.15, 0.2) is 0 Å². The van der Waals surface area contributed by atoms with Crippen molar-refractivity contribution in [3.63, 3.8) is 0 Å². The number of aryl methyl sites for hydroxylation is 1. The highest BCUT2D eigenvalue weighted by atomic mass is 32.1. The third-order valence-corrected chi connectivity index (χ3v) is 2.32. The molecule has 0 saturated carbocycles. The molecule has 1 aromatic heterocycles. The molecule has 0 aliphatic rings. The molecule has 0 bridgehead atoms. The molecule has 0 N–H and O–H groups in total. The molecule has 1 aromatic rings. The molecule has 0 saturated heterocycles. The second kappa shape index (κ2) is 2.96. The molecule has 0 unspecified atom stereocenters. The zero-order chi connectivity index (χ0) is 8.43. The SMILES string of the molecule is CC(=O)C(=O)c1cc(C)cs1. The smallest absolute Gasteiger partial charge is 0.238 e. The second-order valence-corrected chi connectivity index (χ2v) is 3.28. The Hall–Kier alpha value is -0.960. The molecule has 0 aromatic carbocycles. The summed E-state index contributed by atoms with van der Waals surface area (Å²) in [5, 5.41) is 1.86. The molecule has 0 aliphatic carbocycles. The summed E-state index contributed by atoms with van der Waals surface area (Å²) in [6.45, 7) is 3.19. The molecule has 0 radical (unpaired) electrons. The monoisotopic (exact) mass is 168 g/mol. The van der Waals surface area contributed by atoms with Crippen molar-refractivity contribution < 1.29 is 9.59 Å². The third-order valence-electron chi connectivity index (χ3n) is 1.27. The van der Waals surface area contributed by atoms with E-state index in [0.29, 0.717) is 4.88 Å². The van der Waals surface area contributed by atoms with Crippen LogP contribution in [0.3, 0.4) is 0 Å².